The largest absolute Gasteiger partial charge is 0.472 e. The molecule has 10 aromatic rings. The Balaban J connectivity index is 0.778. The van der Waals surface area contributed by atoms with E-state index in [4.69, 9.17) is 9.47 Å². The van der Waals surface area contributed by atoms with Crippen LogP contribution in [0.1, 0.15) is 130 Å². The number of unbranched alkanes of at least 4 members (excludes halogenated alkanes) is 2. The molecule has 382 valence electrons. The van der Waals surface area contributed by atoms with Gasteiger partial charge in [0.15, 0.2) is 5.60 Å². The van der Waals surface area contributed by atoms with Crippen LogP contribution in [0.3, 0.4) is 0 Å². The van der Waals surface area contributed by atoms with Gasteiger partial charge in [-0.3, -0.25) is 4.79 Å². The molecule has 13 rings (SSSR count). The number of rotatable bonds is 13. The zero-order valence-electron chi connectivity index (χ0n) is 44.0. The number of nitrogens with one attached hydrogen (secondary N) is 1. The molecule has 1 saturated carbocycles. The summed E-state index contributed by atoms with van der Waals surface area (Å²) in [4.78, 5) is 27.7. The number of hydrogen-bond donors (Lipinski definition) is 1. The lowest BCUT2D eigenvalue weighted by Crippen LogP contribution is -2.34. The predicted octanol–water partition coefficient (Wildman–Crippen LogP) is 18.5. The standard InChI is InChI=1S/C73H61NO4/c1-2-3-7-16-48-25-27-49(28-26-48)50-29-31-51(32-30-50)52-33-35-56(36-34-52)72(76)77-60-41-37-55(38-42-60)71(75)74-59-40-44-62-65(47-59)69-66(54-18-8-4-9-19-54)63-43-39-53-17-14-15-24-61(53)67(63)68(69)64-45-46-73(78-70(62)64,57-20-10-5-11-21-57)58-22-12-6-13-23-58/h4-6,8-15,17-24,29-49,66H,2-3,7,16,25-28H2,1H3,(H,74,75). The molecule has 0 spiro atoms. The number of benzene rings is 10. The molecule has 78 heavy (non-hydrogen) atoms. The first kappa shape index (κ1) is 48.8. The van der Waals surface area contributed by atoms with Gasteiger partial charge in [0, 0.05) is 39.2 Å². The minimum atomic E-state index is -0.910. The van der Waals surface area contributed by atoms with Gasteiger partial charge in [-0.05, 0) is 165 Å². The Morgan fingerprint density at radius 1 is 0.577 bits per heavy atom. The van der Waals surface area contributed by atoms with Crippen LogP contribution in [0.2, 0.25) is 0 Å². The molecule has 5 heteroatoms. The van der Waals surface area contributed by atoms with Crippen LogP contribution in [0.15, 0.2) is 224 Å². The first-order chi connectivity index (χ1) is 38.4. The molecule has 10 aromatic carbocycles. The fourth-order valence-electron chi connectivity index (χ4n) is 12.9. The van der Waals surface area contributed by atoms with Gasteiger partial charge in [0.1, 0.15) is 11.5 Å². The van der Waals surface area contributed by atoms with E-state index in [9.17, 15) is 9.59 Å². The number of esters is 1. The molecular weight excluding hydrogens is 955 g/mol. The first-order valence-electron chi connectivity index (χ1n) is 28.0. The molecule has 1 N–H and O–H groups in total. The third kappa shape index (κ3) is 9.07. The average molecular weight is 1020 g/mol. The van der Waals surface area contributed by atoms with Gasteiger partial charge >= 0.3 is 5.97 Å². The number of carbonyl (C=O) groups is 2. The number of fused-ring (bicyclic) bond motifs is 10. The summed E-state index contributed by atoms with van der Waals surface area (Å²) in [6, 6.07) is 74.2. The number of anilines is 1. The van der Waals surface area contributed by atoms with Crippen molar-refractivity contribution < 1.29 is 19.1 Å². The Labute approximate surface area is 457 Å². The van der Waals surface area contributed by atoms with Gasteiger partial charge < -0.3 is 14.8 Å². The maximum absolute atomic E-state index is 14.2. The molecule has 0 radical (unpaired) electrons. The van der Waals surface area contributed by atoms with E-state index in [1.165, 1.54) is 90.0 Å². The van der Waals surface area contributed by atoms with Gasteiger partial charge in [0.05, 0.1) is 5.56 Å². The van der Waals surface area contributed by atoms with Crippen LogP contribution in [-0.4, -0.2) is 11.9 Å². The van der Waals surface area contributed by atoms with Crippen LogP contribution in [-0.2, 0) is 5.60 Å². The smallest absolute Gasteiger partial charge is 0.343 e. The van der Waals surface area contributed by atoms with Gasteiger partial charge in [-0.15, -0.1) is 0 Å². The Kier molecular flexibility index (Phi) is 13.1. The number of carbonyl (C=O) groups excluding carboxylic acids is 2. The van der Waals surface area contributed by atoms with Crippen molar-refractivity contribution >= 4 is 45.2 Å². The van der Waals surface area contributed by atoms with E-state index in [2.05, 4.69) is 176 Å². The molecule has 5 nitrogen and oxygen atoms in total. The van der Waals surface area contributed by atoms with E-state index in [1.54, 1.807) is 24.3 Å². The van der Waals surface area contributed by atoms with Gasteiger partial charge in [-0.25, -0.2) is 4.79 Å². The Bertz CT molecular complexity index is 3820. The molecule has 1 aliphatic heterocycles. The second-order valence-electron chi connectivity index (χ2n) is 21.6. The molecule has 1 heterocycles. The molecule has 0 bridgehead atoms. The Morgan fingerprint density at radius 3 is 1.91 bits per heavy atom. The second kappa shape index (κ2) is 21.0. The summed E-state index contributed by atoms with van der Waals surface area (Å²) in [6.45, 7) is 2.28. The third-order valence-corrected chi connectivity index (χ3v) is 16.9. The highest BCUT2D eigenvalue weighted by atomic mass is 16.5. The lowest BCUT2D eigenvalue weighted by Gasteiger charge is -2.37. The molecule has 1 amide bonds. The molecule has 1 unspecified atom stereocenters. The fourth-order valence-corrected chi connectivity index (χ4v) is 12.9. The summed E-state index contributed by atoms with van der Waals surface area (Å²) in [7, 11) is 0. The minimum Gasteiger partial charge on any atom is -0.472 e. The van der Waals surface area contributed by atoms with Crippen LogP contribution in [0.25, 0.3) is 49.9 Å². The topological polar surface area (TPSA) is 64.6 Å². The second-order valence-corrected chi connectivity index (χ2v) is 21.6. The van der Waals surface area contributed by atoms with E-state index >= 15 is 0 Å². The van der Waals surface area contributed by atoms with Crippen molar-refractivity contribution in [2.45, 2.75) is 75.7 Å². The van der Waals surface area contributed by atoms with E-state index in [-0.39, 0.29) is 11.8 Å². The lowest BCUT2D eigenvalue weighted by molar-refractivity contribution is 0.0734. The summed E-state index contributed by atoms with van der Waals surface area (Å²) in [5.74, 6) is 1.85. The molecule has 1 fully saturated rings. The summed E-state index contributed by atoms with van der Waals surface area (Å²) in [5.41, 5.74) is 13.2. The van der Waals surface area contributed by atoms with Crippen LogP contribution in [0, 0.1) is 5.92 Å². The monoisotopic (exact) mass is 1020 g/mol. The molecular formula is C73H61NO4. The highest BCUT2D eigenvalue weighted by molar-refractivity contribution is 6.13. The zero-order chi connectivity index (χ0) is 52.6. The molecule has 0 aromatic heterocycles. The summed E-state index contributed by atoms with van der Waals surface area (Å²) in [6.07, 6.45) is 15.2. The van der Waals surface area contributed by atoms with E-state index in [1.807, 2.05) is 42.5 Å². The third-order valence-electron chi connectivity index (χ3n) is 16.9. The maximum atomic E-state index is 14.2. The maximum Gasteiger partial charge on any atom is 0.343 e. The SMILES string of the molecule is CCCCCC1CCC(c2ccc(-c3ccc(C(=O)Oc4ccc(C(=O)Nc5ccc6c7c(c8c(c6c5)C(c5ccccc5)c5ccc6ccccc6c5-8)C=CC(c5ccccc5)(c5ccccc5)O7)cc4)cc3)cc2)CC1. The first-order valence-corrected chi connectivity index (χ1v) is 28.0. The quantitative estimate of drug-likeness (QED) is 0.0710. The van der Waals surface area contributed by atoms with Crippen molar-refractivity contribution in [3.63, 3.8) is 0 Å². The highest BCUT2D eigenvalue weighted by Gasteiger charge is 2.42. The van der Waals surface area contributed by atoms with Gasteiger partial charge in [0.25, 0.3) is 5.91 Å². The molecule has 0 saturated heterocycles. The molecule has 2 aliphatic carbocycles. The van der Waals surface area contributed by atoms with Crippen molar-refractivity contribution in [1.29, 1.82) is 0 Å². The Hall–Kier alpha value is -8.80. The number of amides is 1. The van der Waals surface area contributed by atoms with Gasteiger partial charge in [0.2, 0.25) is 0 Å². The molecule has 3 aliphatic rings. The van der Waals surface area contributed by atoms with Gasteiger partial charge in [-0.2, -0.15) is 0 Å². The summed E-state index contributed by atoms with van der Waals surface area (Å²) in [5, 5.41) is 7.53. The van der Waals surface area contributed by atoms with E-state index < -0.39 is 11.6 Å². The van der Waals surface area contributed by atoms with E-state index in [0.29, 0.717) is 28.5 Å². The van der Waals surface area contributed by atoms with Crippen LogP contribution < -0.4 is 14.8 Å². The summed E-state index contributed by atoms with van der Waals surface area (Å²) >= 11 is 0. The summed E-state index contributed by atoms with van der Waals surface area (Å²) < 4.78 is 13.4. The normalized spacial score (nSPS) is 16.9. The van der Waals surface area contributed by atoms with E-state index in [0.717, 1.165) is 55.8 Å². The van der Waals surface area contributed by atoms with Crippen molar-refractivity contribution in [1.82, 2.24) is 0 Å². The number of hydrogen-bond acceptors (Lipinski definition) is 4. The highest BCUT2D eigenvalue weighted by Crippen LogP contribution is 2.59. The van der Waals surface area contributed by atoms with Crippen LogP contribution in [0.5, 0.6) is 11.5 Å². The molecule has 1 atom stereocenters. The van der Waals surface area contributed by atoms with Gasteiger partial charge in [-0.1, -0.05) is 196 Å². The number of ether oxygens (including phenoxy) is 2. The van der Waals surface area contributed by atoms with Crippen molar-refractivity contribution in [3.05, 3.63) is 275 Å². The lowest BCUT2D eigenvalue weighted by atomic mass is 9.77. The fraction of sp³-hybridized carbons (Fsp3) is 0.178. The predicted molar refractivity (Wildman–Crippen MR) is 318 cm³/mol. The minimum absolute atomic E-state index is 0.0901. The zero-order valence-corrected chi connectivity index (χ0v) is 44.0. The van der Waals surface area contributed by atoms with Crippen molar-refractivity contribution in [3.8, 4) is 33.8 Å². The van der Waals surface area contributed by atoms with Crippen LogP contribution in [0.4, 0.5) is 5.69 Å². The van der Waals surface area contributed by atoms with Crippen molar-refractivity contribution in [2.75, 3.05) is 5.32 Å². The Morgan fingerprint density at radius 2 is 1.22 bits per heavy atom. The van der Waals surface area contributed by atoms with Crippen LogP contribution >= 0.6 is 0 Å². The average Bonchev–Trinajstić information content (AvgIpc) is 3.91. The van der Waals surface area contributed by atoms with Crippen molar-refractivity contribution in [2.24, 2.45) is 5.92 Å².